The number of thioether (sulfide) groups is 1. The van der Waals surface area contributed by atoms with Crippen molar-refractivity contribution in [2.75, 3.05) is 5.32 Å². The summed E-state index contributed by atoms with van der Waals surface area (Å²) in [5, 5.41) is 12.1. The molecule has 1 N–H and O–H groups in total. The Morgan fingerprint density at radius 3 is 2.26 bits per heavy atom. The van der Waals surface area contributed by atoms with Gasteiger partial charge in [-0.3, -0.25) is 9.36 Å². The summed E-state index contributed by atoms with van der Waals surface area (Å²) in [6.07, 6.45) is 0. The van der Waals surface area contributed by atoms with Crippen molar-refractivity contribution < 1.29 is 9.53 Å². The third-order valence-corrected chi connectivity index (χ3v) is 6.59. The van der Waals surface area contributed by atoms with Crippen molar-refractivity contribution in [2.45, 2.75) is 44.7 Å². The molecule has 0 radical (unpaired) electrons. The average Bonchev–Trinajstić information content (AvgIpc) is 3.23. The van der Waals surface area contributed by atoms with Crippen molar-refractivity contribution in [1.82, 2.24) is 14.8 Å². The molecule has 174 valence electrons. The number of nitrogens with one attached hydrogen (secondary N) is 1. The van der Waals surface area contributed by atoms with Crippen LogP contribution in [0.4, 0.5) is 5.69 Å². The molecule has 0 spiro atoms. The van der Waals surface area contributed by atoms with Crippen LogP contribution in [0.15, 0.2) is 78.0 Å². The number of para-hydroxylation sites is 3. The Morgan fingerprint density at radius 1 is 0.912 bits per heavy atom. The van der Waals surface area contributed by atoms with E-state index in [0.29, 0.717) is 11.0 Å². The van der Waals surface area contributed by atoms with Gasteiger partial charge in [0.1, 0.15) is 12.4 Å². The van der Waals surface area contributed by atoms with Gasteiger partial charge in [-0.05, 0) is 62.6 Å². The van der Waals surface area contributed by atoms with E-state index in [1.165, 1.54) is 11.8 Å². The Morgan fingerprint density at radius 2 is 1.56 bits per heavy atom. The minimum atomic E-state index is -0.379. The van der Waals surface area contributed by atoms with Gasteiger partial charge in [0.2, 0.25) is 5.91 Å². The molecule has 0 saturated heterocycles. The zero-order valence-electron chi connectivity index (χ0n) is 19.8. The fourth-order valence-corrected chi connectivity index (χ4v) is 4.50. The first kappa shape index (κ1) is 23.6. The fraction of sp³-hybridized carbons (Fsp3) is 0.222. The molecular weight excluding hydrogens is 444 g/mol. The van der Waals surface area contributed by atoms with Gasteiger partial charge in [0.25, 0.3) is 0 Å². The van der Waals surface area contributed by atoms with Crippen LogP contribution < -0.4 is 10.1 Å². The number of hydrogen-bond donors (Lipinski definition) is 1. The summed E-state index contributed by atoms with van der Waals surface area (Å²) < 4.78 is 7.99. The highest BCUT2D eigenvalue weighted by Gasteiger charge is 2.22. The van der Waals surface area contributed by atoms with Crippen molar-refractivity contribution in [3.05, 3.63) is 95.3 Å². The number of rotatable bonds is 8. The van der Waals surface area contributed by atoms with Crippen LogP contribution >= 0.6 is 11.8 Å². The second-order valence-corrected chi connectivity index (χ2v) is 9.45. The van der Waals surface area contributed by atoms with Crippen LogP contribution in [0.1, 0.15) is 29.4 Å². The van der Waals surface area contributed by atoms with E-state index in [9.17, 15) is 4.79 Å². The maximum absolute atomic E-state index is 13.0. The van der Waals surface area contributed by atoms with E-state index in [-0.39, 0.29) is 17.8 Å². The Bertz CT molecular complexity index is 1270. The molecule has 4 rings (SSSR count). The molecule has 0 bridgehead atoms. The third kappa shape index (κ3) is 5.31. The molecule has 4 aromatic rings. The molecule has 1 amide bonds. The number of ether oxygens (including phenoxy) is 1. The predicted molar refractivity (Wildman–Crippen MR) is 137 cm³/mol. The van der Waals surface area contributed by atoms with Gasteiger partial charge in [-0.2, -0.15) is 0 Å². The monoisotopic (exact) mass is 472 g/mol. The quantitative estimate of drug-likeness (QED) is 0.324. The topological polar surface area (TPSA) is 69.0 Å². The van der Waals surface area contributed by atoms with Gasteiger partial charge in [0, 0.05) is 11.4 Å². The molecule has 0 aliphatic carbocycles. The summed E-state index contributed by atoms with van der Waals surface area (Å²) in [5.41, 5.74) is 4.90. The maximum atomic E-state index is 13.0. The number of nitrogens with zero attached hydrogens (tertiary/aromatic N) is 3. The van der Waals surface area contributed by atoms with Gasteiger partial charge in [0.05, 0.1) is 5.25 Å². The molecule has 34 heavy (non-hydrogen) atoms. The number of amides is 1. The molecule has 1 aromatic heterocycles. The number of aryl methyl sites for hydroxylation is 3. The SMILES string of the molecule is Cc1ccccc1OCc1nnc(S[C@@H](C)C(=O)Nc2c(C)cccc2C)n1-c1ccccc1. The van der Waals surface area contributed by atoms with Crippen molar-refractivity contribution >= 4 is 23.4 Å². The molecule has 0 aliphatic rings. The minimum absolute atomic E-state index is 0.0808. The van der Waals surface area contributed by atoms with Crippen LogP contribution in [0.3, 0.4) is 0 Å². The molecular formula is C27H28N4O2S. The van der Waals surface area contributed by atoms with Crippen LogP contribution in [-0.2, 0) is 11.4 Å². The zero-order chi connectivity index (χ0) is 24.1. The lowest BCUT2D eigenvalue weighted by Crippen LogP contribution is -2.24. The Kier molecular flexibility index (Phi) is 7.33. The Hall–Kier alpha value is -3.58. The molecule has 1 atom stereocenters. The fourth-order valence-electron chi connectivity index (χ4n) is 3.62. The number of hydrogen-bond acceptors (Lipinski definition) is 5. The van der Waals surface area contributed by atoms with E-state index >= 15 is 0 Å². The van der Waals surface area contributed by atoms with E-state index in [2.05, 4.69) is 15.5 Å². The highest BCUT2D eigenvalue weighted by molar-refractivity contribution is 8.00. The number of aromatic nitrogens is 3. The zero-order valence-corrected chi connectivity index (χ0v) is 20.6. The first-order valence-corrected chi connectivity index (χ1v) is 12.0. The Balaban J connectivity index is 1.56. The van der Waals surface area contributed by atoms with Gasteiger partial charge in [0.15, 0.2) is 11.0 Å². The minimum Gasteiger partial charge on any atom is -0.485 e. The molecule has 0 saturated carbocycles. The summed E-state index contributed by atoms with van der Waals surface area (Å²) in [7, 11) is 0. The van der Waals surface area contributed by atoms with E-state index < -0.39 is 0 Å². The summed E-state index contributed by atoms with van der Waals surface area (Å²) in [5.74, 6) is 1.39. The normalized spacial score (nSPS) is 11.8. The summed E-state index contributed by atoms with van der Waals surface area (Å²) in [6.45, 7) is 8.13. The van der Waals surface area contributed by atoms with Crippen LogP contribution in [0.5, 0.6) is 5.75 Å². The summed E-state index contributed by atoms with van der Waals surface area (Å²) in [4.78, 5) is 13.0. The number of carbonyl (C=O) groups is 1. The molecule has 6 nitrogen and oxygen atoms in total. The summed E-state index contributed by atoms with van der Waals surface area (Å²) >= 11 is 1.37. The van der Waals surface area contributed by atoms with Gasteiger partial charge in [-0.1, -0.05) is 66.4 Å². The second-order valence-electron chi connectivity index (χ2n) is 8.14. The van der Waals surface area contributed by atoms with E-state index in [1.54, 1.807) is 0 Å². The first-order valence-electron chi connectivity index (χ1n) is 11.2. The van der Waals surface area contributed by atoms with E-state index in [0.717, 1.165) is 33.8 Å². The molecule has 0 unspecified atom stereocenters. The highest BCUT2D eigenvalue weighted by atomic mass is 32.2. The third-order valence-electron chi connectivity index (χ3n) is 5.55. The maximum Gasteiger partial charge on any atom is 0.237 e. The van der Waals surface area contributed by atoms with Gasteiger partial charge in [-0.25, -0.2) is 0 Å². The second kappa shape index (κ2) is 10.6. The standard InChI is InChI=1S/C27H28N4O2S/c1-18-11-8-9-16-23(18)33-17-24-29-30-27(31(24)22-14-6-5-7-15-22)34-21(4)26(32)28-25-19(2)12-10-13-20(25)3/h5-16,21H,17H2,1-4H3,(H,28,32)/t21-/m0/s1. The van der Waals surface area contributed by atoms with Crippen LogP contribution in [0.25, 0.3) is 5.69 Å². The molecule has 1 heterocycles. The number of benzene rings is 3. The smallest absolute Gasteiger partial charge is 0.237 e. The lowest BCUT2D eigenvalue weighted by Gasteiger charge is -2.16. The number of anilines is 1. The molecule has 0 aliphatic heterocycles. The van der Waals surface area contributed by atoms with Crippen molar-refractivity contribution in [1.29, 1.82) is 0 Å². The Labute approximate surface area is 204 Å². The first-order chi connectivity index (χ1) is 16.4. The van der Waals surface area contributed by atoms with Gasteiger partial charge < -0.3 is 10.1 Å². The lowest BCUT2D eigenvalue weighted by atomic mass is 10.1. The lowest BCUT2D eigenvalue weighted by molar-refractivity contribution is -0.115. The van der Waals surface area contributed by atoms with E-state index in [1.807, 2.05) is 105 Å². The van der Waals surface area contributed by atoms with Crippen molar-refractivity contribution in [3.63, 3.8) is 0 Å². The van der Waals surface area contributed by atoms with Crippen LogP contribution in [-0.4, -0.2) is 25.9 Å². The van der Waals surface area contributed by atoms with Gasteiger partial charge in [-0.15, -0.1) is 10.2 Å². The predicted octanol–water partition coefficient (Wildman–Crippen LogP) is 5.89. The molecule has 3 aromatic carbocycles. The molecule has 0 fully saturated rings. The largest absolute Gasteiger partial charge is 0.485 e. The molecule has 7 heteroatoms. The average molecular weight is 473 g/mol. The highest BCUT2D eigenvalue weighted by Crippen LogP contribution is 2.28. The van der Waals surface area contributed by atoms with Crippen LogP contribution in [0, 0.1) is 20.8 Å². The van der Waals surface area contributed by atoms with E-state index in [4.69, 9.17) is 4.74 Å². The van der Waals surface area contributed by atoms with Crippen LogP contribution in [0.2, 0.25) is 0 Å². The number of carbonyl (C=O) groups excluding carboxylic acids is 1. The van der Waals surface area contributed by atoms with Crippen molar-refractivity contribution in [3.8, 4) is 11.4 Å². The van der Waals surface area contributed by atoms with Gasteiger partial charge >= 0.3 is 0 Å². The van der Waals surface area contributed by atoms with Crippen molar-refractivity contribution in [2.24, 2.45) is 0 Å². The summed E-state index contributed by atoms with van der Waals surface area (Å²) in [6, 6.07) is 23.7.